The van der Waals surface area contributed by atoms with E-state index in [-0.39, 0.29) is 35.2 Å². The first-order valence-electron chi connectivity index (χ1n) is 11.3. The molecule has 0 bridgehead atoms. The molecule has 0 saturated carbocycles. The lowest BCUT2D eigenvalue weighted by molar-refractivity contribution is 0.0234. The van der Waals surface area contributed by atoms with E-state index in [4.69, 9.17) is 25.6 Å². The first-order chi connectivity index (χ1) is 17.9. The second-order valence-electron chi connectivity index (χ2n) is 8.03. The summed E-state index contributed by atoms with van der Waals surface area (Å²) in [4.78, 5) is 18.2. The Morgan fingerprint density at radius 3 is 2.22 bits per heavy atom. The largest absolute Gasteiger partial charge is 0.467 e. The van der Waals surface area contributed by atoms with Crippen LogP contribution in [0.2, 0.25) is 5.02 Å². The summed E-state index contributed by atoms with van der Waals surface area (Å²) in [5, 5.41) is 3.02. The molecule has 1 heterocycles. The van der Waals surface area contributed by atoms with Gasteiger partial charge in [0.25, 0.3) is 5.91 Å². The number of ether oxygens (including phenoxy) is 1. The second-order valence-corrected chi connectivity index (χ2v) is 10.3. The molecule has 192 valence electrons. The van der Waals surface area contributed by atoms with Crippen LogP contribution in [0.25, 0.3) is 0 Å². The van der Waals surface area contributed by atoms with E-state index in [1.807, 2.05) is 60.7 Å². The molecule has 4 rings (SSSR count). The average Bonchev–Trinajstić information content (AvgIpc) is 3.42. The summed E-state index contributed by atoms with van der Waals surface area (Å²) in [5.74, 6) is -0.628. The molecule has 1 aromatic heterocycles. The van der Waals surface area contributed by atoms with Gasteiger partial charge in [-0.15, -0.1) is 0 Å². The molecule has 0 saturated heterocycles. The summed E-state index contributed by atoms with van der Waals surface area (Å²) in [6.07, 6.45) is 1.53. The fourth-order valence-electron chi connectivity index (χ4n) is 3.44. The van der Waals surface area contributed by atoms with Crippen molar-refractivity contribution in [3.05, 3.63) is 119 Å². The molecule has 0 unspecified atom stereocenters. The van der Waals surface area contributed by atoms with E-state index in [1.165, 1.54) is 18.4 Å². The van der Waals surface area contributed by atoms with E-state index >= 15 is 0 Å². The number of anilines is 1. The predicted octanol–water partition coefficient (Wildman–Crippen LogP) is 5.35. The highest BCUT2D eigenvalue weighted by molar-refractivity contribution is 7.91. The van der Waals surface area contributed by atoms with Crippen molar-refractivity contribution in [1.29, 1.82) is 0 Å². The molecular formula is C27H25ClN2O6S. The lowest BCUT2D eigenvalue weighted by atomic mass is 10.1. The highest BCUT2D eigenvalue weighted by Crippen LogP contribution is 2.30. The number of nitrogens with one attached hydrogen (secondary N) is 2. The molecule has 0 aliphatic heterocycles. The van der Waals surface area contributed by atoms with Crippen LogP contribution in [0.5, 0.6) is 0 Å². The van der Waals surface area contributed by atoms with E-state index in [0.717, 1.165) is 11.1 Å². The van der Waals surface area contributed by atoms with E-state index in [1.54, 1.807) is 12.1 Å². The van der Waals surface area contributed by atoms with Gasteiger partial charge >= 0.3 is 0 Å². The fourth-order valence-corrected chi connectivity index (χ4v) is 5.04. The molecule has 0 aliphatic carbocycles. The number of sulfone groups is 1. The minimum absolute atomic E-state index is 0.0330. The van der Waals surface area contributed by atoms with Crippen LogP contribution in [0.15, 0.2) is 101 Å². The van der Waals surface area contributed by atoms with Crippen molar-refractivity contribution in [2.75, 3.05) is 11.3 Å². The summed E-state index contributed by atoms with van der Waals surface area (Å²) in [5.41, 5.74) is 4.40. The Balaban J connectivity index is 1.52. The standard InChI is InChI=1S/C27H25ClN2O6S/c28-24-15-25(29-16-22-12-7-13-35-22)23(27(31)30-36-18-21-10-5-2-6-11-21)14-26(24)37(32,33)19-34-17-20-8-3-1-4-9-20/h1-15,29H,16-19H2,(H,30,31). The van der Waals surface area contributed by atoms with Crippen LogP contribution in [-0.4, -0.2) is 20.3 Å². The molecule has 8 nitrogen and oxygen atoms in total. The van der Waals surface area contributed by atoms with Crippen molar-refractivity contribution in [3.63, 3.8) is 0 Å². The van der Waals surface area contributed by atoms with Gasteiger partial charge in [-0.2, -0.15) is 0 Å². The maximum absolute atomic E-state index is 13.1. The third-order valence-electron chi connectivity index (χ3n) is 5.28. The molecule has 3 aromatic carbocycles. The first-order valence-corrected chi connectivity index (χ1v) is 13.4. The number of carbonyl (C=O) groups excluding carboxylic acids is 1. The zero-order valence-electron chi connectivity index (χ0n) is 19.7. The maximum Gasteiger partial charge on any atom is 0.276 e. The van der Waals surface area contributed by atoms with E-state index < -0.39 is 21.7 Å². The Bertz CT molecular complexity index is 1410. The highest BCUT2D eigenvalue weighted by atomic mass is 35.5. The fraction of sp³-hybridized carbons (Fsp3) is 0.148. The predicted molar refractivity (Wildman–Crippen MR) is 139 cm³/mol. The SMILES string of the molecule is O=C(NOCc1ccccc1)c1cc(S(=O)(=O)COCc2ccccc2)c(Cl)cc1NCc1ccco1. The Hall–Kier alpha value is -3.63. The minimum Gasteiger partial charge on any atom is -0.467 e. The van der Waals surface area contributed by atoms with Crippen molar-refractivity contribution in [1.82, 2.24) is 5.48 Å². The lowest BCUT2D eigenvalue weighted by Gasteiger charge is -2.15. The summed E-state index contributed by atoms with van der Waals surface area (Å²) >= 11 is 6.37. The molecule has 10 heteroatoms. The lowest BCUT2D eigenvalue weighted by Crippen LogP contribution is -2.25. The monoisotopic (exact) mass is 540 g/mol. The van der Waals surface area contributed by atoms with Gasteiger partial charge in [-0.25, -0.2) is 13.9 Å². The molecule has 0 aliphatic rings. The molecule has 37 heavy (non-hydrogen) atoms. The normalized spacial score (nSPS) is 11.3. The molecule has 0 spiro atoms. The van der Waals surface area contributed by atoms with Gasteiger partial charge in [0.1, 0.15) is 5.76 Å². The van der Waals surface area contributed by atoms with Crippen LogP contribution >= 0.6 is 11.6 Å². The Labute approximate surface area is 220 Å². The Kier molecular flexibility index (Phi) is 8.97. The van der Waals surface area contributed by atoms with Crippen molar-refractivity contribution in [2.24, 2.45) is 0 Å². The van der Waals surface area contributed by atoms with Crippen molar-refractivity contribution >= 4 is 33.0 Å². The van der Waals surface area contributed by atoms with Gasteiger partial charge in [-0.05, 0) is 35.4 Å². The van der Waals surface area contributed by atoms with Crippen LogP contribution < -0.4 is 10.8 Å². The smallest absolute Gasteiger partial charge is 0.276 e. The summed E-state index contributed by atoms with van der Waals surface area (Å²) in [6.45, 7) is 0.496. The molecule has 2 N–H and O–H groups in total. The summed E-state index contributed by atoms with van der Waals surface area (Å²) < 4.78 is 36.9. The number of furan rings is 1. The van der Waals surface area contributed by atoms with Crippen LogP contribution in [0.4, 0.5) is 5.69 Å². The molecule has 1 amide bonds. The molecular weight excluding hydrogens is 516 g/mol. The van der Waals surface area contributed by atoms with Gasteiger partial charge in [0.15, 0.2) is 5.94 Å². The third-order valence-corrected chi connectivity index (χ3v) is 7.19. The minimum atomic E-state index is -3.98. The van der Waals surface area contributed by atoms with Gasteiger partial charge in [0, 0.05) is 5.69 Å². The first kappa shape index (κ1) is 26.4. The number of hydrogen-bond acceptors (Lipinski definition) is 7. The number of halogens is 1. The summed E-state index contributed by atoms with van der Waals surface area (Å²) in [6, 6.07) is 24.6. The van der Waals surface area contributed by atoms with E-state index in [9.17, 15) is 13.2 Å². The number of carbonyl (C=O) groups is 1. The third kappa shape index (κ3) is 7.43. The van der Waals surface area contributed by atoms with Gasteiger partial charge in [0.05, 0.1) is 41.5 Å². The van der Waals surface area contributed by atoms with Crippen LogP contribution in [-0.2, 0) is 39.2 Å². The number of rotatable bonds is 12. The topological polar surface area (TPSA) is 107 Å². The van der Waals surface area contributed by atoms with E-state index in [2.05, 4.69) is 10.8 Å². The van der Waals surface area contributed by atoms with Crippen LogP contribution in [0.3, 0.4) is 0 Å². The quantitative estimate of drug-likeness (QED) is 0.233. The van der Waals surface area contributed by atoms with E-state index in [0.29, 0.717) is 11.4 Å². The zero-order valence-corrected chi connectivity index (χ0v) is 21.3. The van der Waals surface area contributed by atoms with Gasteiger partial charge in [-0.3, -0.25) is 9.63 Å². The van der Waals surface area contributed by atoms with Crippen molar-refractivity contribution in [3.8, 4) is 0 Å². The number of hydroxylamine groups is 1. The number of amides is 1. The maximum atomic E-state index is 13.1. The van der Waals surface area contributed by atoms with Gasteiger partial charge < -0.3 is 14.5 Å². The number of benzene rings is 3. The molecule has 0 radical (unpaired) electrons. The van der Waals surface area contributed by atoms with Crippen molar-refractivity contribution in [2.45, 2.75) is 24.7 Å². The molecule has 4 aromatic rings. The van der Waals surface area contributed by atoms with Gasteiger partial charge in [-0.1, -0.05) is 72.3 Å². The number of hydrogen-bond donors (Lipinski definition) is 2. The Morgan fingerprint density at radius 2 is 1.57 bits per heavy atom. The van der Waals surface area contributed by atoms with Crippen molar-refractivity contribution < 1.29 is 27.2 Å². The molecule has 0 fully saturated rings. The van der Waals surface area contributed by atoms with Crippen LogP contribution in [0.1, 0.15) is 27.2 Å². The zero-order chi connectivity index (χ0) is 26.1. The molecule has 0 atom stereocenters. The van der Waals surface area contributed by atoms with Crippen LogP contribution in [0, 0.1) is 0 Å². The second kappa shape index (κ2) is 12.6. The van der Waals surface area contributed by atoms with Gasteiger partial charge in [0.2, 0.25) is 9.84 Å². The summed E-state index contributed by atoms with van der Waals surface area (Å²) in [7, 11) is -3.98. The Morgan fingerprint density at radius 1 is 0.892 bits per heavy atom. The highest BCUT2D eigenvalue weighted by Gasteiger charge is 2.24. The average molecular weight is 541 g/mol.